The minimum absolute atomic E-state index is 0.370. The molecule has 1 aromatic heterocycles. The summed E-state index contributed by atoms with van der Waals surface area (Å²) >= 11 is 0. The molecular formula is C21H15F3N2O3. The van der Waals surface area contributed by atoms with Crippen LogP contribution in [0, 0.1) is 17.5 Å². The predicted octanol–water partition coefficient (Wildman–Crippen LogP) is 3.94. The number of rotatable bonds is 4. The fourth-order valence-electron chi connectivity index (χ4n) is 3.46. The van der Waals surface area contributed by atoms with Crippen LogP contribution in [0.4, 0.5) is 18.9 Å². The monoisotopic (exact) mass is 400 g/mol. The summed E-state index contributed by atoms with van der Waals surface area (Å²) in [4.78, 5) is 29.3. The summed E-state index contributed by atoms with van der Waals surface area (Å²) in [6, 6.07) is 8.72. The zero-order valence-electron chi connectivity index (χ0n) is 15.1. The molecular weight excluding hydrogens is 385 g/mol. The van der Waals surface area contributed by atoms with Crippen LogP contribution in [-0.2, 0) is 22.4 Å². The number of para-hydroxylation sites is 1. The van der Waals surface area contributed by atoms with Crippen LogP contribution in [0.25, 0.3) is 10.9 Å². The van der Waals surface area contributed by atoms with E-state index >= 15 is 0 Å². The molecule has 0 unspecified atom stereocenters. The van der Waals surface area contributed by atoms with Gasteiger partial charge in [0.15, 0.2) is 24.1 Å². The molecule has 0 aliphatic heterocycles. The Balaban J connectivity index is 1.52. The first kappa shape index (κ1) is 18.9. The number of carbonyl (C=O) groups is 2. The number of halogens is 3. The van der Waals surface area contributed by atoms with Gasteiger partial charge in [0.25, 0.3) is 5.91 Å². The third-order valence-corrected chi connectivity index (χ3v) is 4.77. The Kier molecular flexibility index (Phi) is 4.92. The normalized spacial score (nSPS) is 12.7. The van der Waals surface area contributed by atoms with Gasteiger partial charge in [-0.25, -0.2) is 18.0 Å². The van der Waals surface area contributed by atoms with Crippen molar-refractivity contribution < 1.29 is 27.5 Å². The maximum absolute atomic E-state index is 13.7. The number of nitrogens with zero attached hydrogens (tertiary/aromatic N) is 1. The Morgan fingerprint density at radius 3 is 2.66 bits per heavy atom. The van der Waals surface area contributed by atoms with Crippen molar-refractivity contribution in [1.82, 2.24) is 4.98 Å². The van der Waals surface area contributed by atoms with Crippen molar-refractivity contribution in [2.45, 2.75) is 19.3 Å². The number of hydrogen-bond acceptors (Lipinski definition) is 4. The lowest BCUT2D eigenvalue weighted by Crippen LogP contribution is -2.22. The van der Waals surface area contributed by atoms with Crippen LogP contribution >= 0.6 is 0 Å². The predicted molar refractivity (Wildman–Crippen MR) is 99.0 cm³/mol. The van der Waals surface area contributed by atoms with Gasteiger partial charge in [-0.2, -0.15) is 0 Å². The fourth-order valence-corrected chi connectivity index (χ4v) is 3.46. The largest absolute Gasteiger partial charge is 0.452 e. The van der Waals surface area contributed by atoms with Crippen LogP contribution < -0.4 is 5.32 Å². The van der Waals surface area contributed by atoms with Gasteiger partial charge in [-0.1, -0.05) is 18.2 Å². The van der Waals surface area contributed by atoms with E-state index in [1.54, 1.807) is 18.2 Å². The van der Waals surface area contributed by atoms with Crippen LogP contribution in [0.15, 0.2) is 36.4 Å². The number of pyridine rings is 1. The number of aromatic nitrogens is 1. The van der Waals surface area contributed by atoms with E-state index in [2.05, 4.69) is 10.3 Å². The lowest BCUT2D eigenvalue weighted by molar-refractivity contribution is -0.119. The summed E-state index contributed by atoms with van der Waals surface area (Å²) in [5.74, 6) is -6.16. The number of carbonyl (C=O) groups excluding carboxylic acids is 2. The smallest absolute Gasteiger partial charge is 0.339 e. The number of anilines is 1. The molecule has 4 rings (SSSR count). The standard InChI is InChI=1S/C21H15F3N2O3/c22-13-8-9-16(20(24)19(13)23)26-17(27)10-29-21(28)18-11-4-1-2-6-14(11)25-15-7-3-5-12(15)18/h1-2,4,6,8-9H,3,5,7,10H2,(H,26,27). The SMILES string of the molecule is O=C(COC(=O)c1c2c(nc3ccccc13)CCC2)Nc1ccc(F)c(F)c1F. The van der Waals surface area contributed by atoms with Crippen LogP contribution in [0.5, 0.6) is 0 Å². The van der Waals surface area contributed by atoms with Gasteiger partial charge in [-0.15, -0.1) is 0 Å². The van der Waals surface area contributed by atoms with Gasteiger partial charge in [0.05, 0.1) is 16.8 Å². The third kappa shape index (κ3) is 3.53. The molecule has 0 spiro atoms. The Bertz CT molecular complexity index is 1150. The van der Waals surface area contributed by atoms with E-state index in [0.29, 0.717) is 29.0 Å². The highest BCUT2D eigenvalue weighted by Gasteiger charge is 2.25. The molecule has 1 aliphatic rings. The van der Waals surface area contributed by atoms with Gasteiger partial charge in [0.1, 0.15) is 0 Å². The van der Waals surface area contributed by atoms with E-state index in [1.165, 1.54) is 0 Å². The van der Waals surface area contributed by atoms with Crippen molar-refractivity contribution in [3.63, 3.8) is 0 Å². The topological polar surface area (TPSA) is 68.3 Å². The average Bonchev–Trinajstić information content (AvgIpc) is 3.18. The molecule has 3 aromatic rings. The lowest BCUT2D eigenvalue weighted by atomic mass is 10.0. The van der Waals surface area contributed by atoms with E-state index in [1.807, 2.05) is 6.07 Å². The highest BCUT2D eigenvalue weighted by molar-refractivity contribution is 6.06. The molecule has 0 atom stereocenters. The molecule has 0 saturated carbocycles. The molecule has 0 radical (unpaired) electrons. The number of esters is 1. The van der Waals surface area contributed by atoms with Crippen molar-refractivity contribution in [3.05, 3.63) is 70.7 Å². The minimum atomic E-state index is -1.70. The summed E-state index contributed by atoms with van der Waals surface area (Å²) in [6.07, 6.45) is 2.31. The Morgan fingerprint density at radius 2 is 1.83 bits per heavy atom. The Labute approximate surface area is 163 Å². The molecule has 2 aromatic carbocycles. The number of aryl methyl sites for hydroxylation is 1. The van der Waals surface area contributed by atoms with E-state index in [0.717, 1.165) is 30.2 Å². The second kappa shape index (κ2) is 7.54. The maximum atomic E-state index is 13.7. The summed E-state index contributed by atoms with van der Waals surface area (Å²) < 4.78 is 45.0. The molecule has 148 valence electrons. The van der Waals surface area contributed by atoms with Crippen molar-refractivity contribution in [2.24, 2.45) is 0 Å². The Morgan fingerprint density at radius 1 is 1.03 bits per heavy atom. The lowest BCUT2D eigenvalue weighted by Gasteiger charge is -2.12. The van der Waals surface area contributed by atoms with Gasteiger partial charge in [0.2, 0.25) is 0 Å². The average molecular weight is 400 g/mol. The second-order valence-electron chi connectivity index (χ2n) is 6.63. The molecule has 5 nitrogen and oxygen atoms in total. The van der Waals surface area contributed by atoms with Crippen molar-refractivity contribution in [2.75, 3.05) is 11.9 Å². The highest BCUT2D eigenvalue weighted by Crippen LogP contribution is 2.30. The zero-order chi connectivity index (χ0) is 20.5. The summed E-state index contributed by atoms with van der Waals surface area (Å²) in [5.41, 5.74) is 2.13. The third-order valence-electron chi connectivity index (χ3n) is 4.77. The van der Waals surface area contributed by atoms with Gasteiger partial charge in [-0.05, 0) is 43.0 Å². The first-order valence-electron chi connectivity index (χ1n) is 8.96. The first-order chi connectivity index (χ1) is 14.0. The quantitative estimate of drug-likeness (QED) is 0.532. The maximum Gasteiger partial charge on any atom is 0.339 e. The minimum Gasteiger partial charge on any atom is -0.452 e. The van der Waals surface area contributed by atoms with Crippen molar-refractivity contribution >= 4 is 28.5 Å². The van der Waals surface area contributed by atoms with Crippen LogP contribution in [0.3, 0.4) is 0 Å². The number of nitrogens with one attached hydrogen (secondary N) is 1. The van der Waals surface area contributed by atoms with E-state index in [9.17, 15) is 22.8 Å². The molecule has 0 saturated heterocycles. The molecule has 0 bridgehead atoms. The number of amides is 1. The van der Waals surface area contributed by atoms with E-state index < -0.39 is 41.6 Å². The van der Waals surface area contributed by atoms with Crippen LogP contribution in [-0.4, -0.2) is 23.5 Å². The molecule has 1 amide bonds. The van der Waals surface area contributed by atoms with Gasteiger partial charge < -0.3 is 10.1 Å². The molecule has 1 N–H and O–H groups in total. The number of benzene rings is 2. The van der Waals surface area contributed by atoms with Crippen molar-refractivity contribution in [1.29, 1.82) is 0 Å². The highest BCUT2D eigenvalue weighted by atomic mass is 19.2. The van der Waals surface area contributed by atoms with Crippen molar-refractivity contribution in [3.8, 4) is 0 Å². The summed E-state index contributed by atoms with van der Waals surface area (Å²) in [7, 11) is 0. The van der Waals surface area contributed by atoms with Crippen LogP contribution in [0.1, 0.15) is 28.0 Å². The van der Waals surface area contributed by atoms with Gasteiger partial charge >= 0.3 is 5.97 Å². The number of hydrogen-bond donors (Lipinski definition) is 1. The second-order valence-corrected chi connectivity index (χ2v) is 6.63. The first-order valence-corrected chi connectivity index (χ1v) is 8.96. The van der Waals surface area contributed by atoms with E-state index in [4.69, 9.17) is 4.74 Å². The fraction of sp³-hybridized carbons (Fsp3) is 0.190. The van der Waals surface area contributed by atoms with Crippen LogP contribution in [0.2, 0.25) is 0 Å². The summed E-state index contributed by atoms with van der Waals surface area (Å²) in [5, 5.41) is 2.69. The van der Waals surface area contributed by atoms with E-state index in [-0.39, 0.29) is 0 Å². The molecule has 29 heavy (non-hydrogen) atoms. The Hall–Kier alpha value is -3.42. The number of fused-ring (bicyclic) bond motifs is 2. The molecule has 8 heteroatoms. The number of ether oxygens (including phenoxy) is 1. The van der Waals surface area contributed by atoms with Gasteiger partial charge in [-0.3, -0.25) is 9.78 Å². The summed E-state index contributed by atoms with van der Waals surface area (Å²) in [6.45, 7) is -0.706. The molecule has 1 aliphatic carbocycles. The zero-order valence-corrected chi connectivity index (χ0v) is 15.1. The molecule has 0 fully saturated rings. The molecule has 1 heterocycles. The van der Waals surface area contributed by atoms with Gasteiger partial charge in [0, 0.05) is 11.1 Å².